The number of thioether (sulfide) groups is 1. The second-order valence-electron chi connectivity index (χ2n) is 5.33. The Balaban J connectivity index is 1.79. The predicted molar refractivity (Wildman–Crippen MR) is 82.4 cm³/mol. The predicted octanol–water partition coefficient (Wildman–Crippen LogP) is 3.69. The average Bonchev–Trinajstić information content (AvgIpc) is 2.86. The number of rotatable bonds is 2. The third-order valence-electron chi connectivity index (χ3n) is 3.93. The quantitative estimate of drug-likeness (QED) is 0.894. The van der Waals surface area contributed by atoms with Crippen LogP contribution in [0.25, 0.3) is 0 Å². The smallest absolute Gasteiger partial charge is 0.161 e. The Hall–Kier alpha value is -1.16. The van der Waals surface area contributed by atoms with Crippen LogP contribution < -0.4 is 10.1 Å². The summed E-state index contributed by atoms with van der Waals surface area (Å²) in [5.41, 5.74) is 2.24. The Labute approximate surface area is 118 Å². The van der Waals surface area contributed by atoms with E-state index in [1.54, 1.807) is 7.11 Å². The molecule has 19 heavy (non-hydrogen) atoms. The third-order valence-corrected chi connectivity index (χ3v) is 5.01. The summed E-state index contributed by atoms with van der Waals surface area (Å²) in [6, 6.07) is 6.72. The molecule has 2 aliphatic rings. The number of anilines is 1. The highest BCUT2D eigenvalue weighted by Crippen LogP contribution is 2.36. The summed E-state index contributed by atoms with van der Waals surface area (Å²) in [5, 5.41) is 4.49. The van der Waals surface area contributed by atoms with Crippen molar-refractivity contribution in [2.75, 3.05) is 18.2 Å². The molecule has 1 aromatic rings. The largest absolute Gasteiger partial charge is 0.495 e. The zero-order chi connectivity index (χ0) is 13.2. The van der Waals surface area contributed by atoms with Gasteiger partial charge >= 0.3 is 0 Å². The molecule has 2 atom stereocenters. The van der Waals surface area contributed by atoms with Crippen LogP contribution in [-0.2, 0) is 0 Å². The molecule has 1 aromatic carbocycles. The highest BCUT2D eigenvalue weighted by atomic mass is 32.2. The Morgan fingerprint density at radius 3 is 3.11 bits per heavy atom. The minimum absolute atomic E-state index is 0.541. The highest BCUT2D eigenvalue weighted by Gasteiger charge is 2.31. The van der Waals surface area contributed by atoms with Gasteiger partial charge in [-0.2, -0.15) is 0 Å². The van der Waals surface area contributed by atoms with Crippen molar-refractivity contribution >= 4 is 22.6 Å². The van der Waals surface area contributed by atoms with E-state index in [4.69, 9.17) is 9.73 Å². The van der Waals surface area contributed by atoms with E-state index in [1.165, 1.54) is 30.6 Å². The molecule has 3 rings (SSSR count). The molecule has 0 bridgehead atoms. The topological polar surface area (TPSA) is 33.6 Å². The SMILES string of the molecule is COc1ccc(C)cc1NC1=NC2CCCC2CS1. The number of hydrogen-bond donors (Lipinski definition) is 1. The van der Waals surface area contributed by atoms with Gasteiger partial charge in [-0.25, -0.2) is 0 Å². The molecule has 1 N–H and O–H groups in total. The van der Waals surface area contributed by atoms with Crippen LogP contribution in [0.2, 0.25) is 0 Å². The van der Waals surface area contributed by atoms with Crippen LogP contribution in [0.15, 0.2) is 23.2 Å². The molecule has 1 aliphatic carbocycles. The van der Waals surface area contributed by atoms with Gasteiger partial charge < -0.3 is 10.1 Å². The van der Waals surface area contributed by atoms with E-state index in [9.17, 15) is 0 Å². The Kier molecular flexibility index (Phi) is 3.69. The van der Waals surface area contributed by atoms with E-state index >= 15 is 0 Å². The van der Waals surface area contributed by atoms with Crippen LogP contribution in [0.1, 0.15) is 24.8 Å². The summed E-state index contributed by atoms with van der Waals surface area (Å²) >= 11 is 1.84. The summed E-state index contributed by atoms with van der Waals surface area (Å²) in [4.78, 5) is 4.86. The van der Waals surface area contributed by atoms with Crippen LogP contribution in [-0.4, -0.2) is 24.1 Å². The number of benzene rings is 1. The maximum atomic E-state index is 5.40. The first-order chi connectivity index (χ1) is 9.26. The van der Waals surface area contributed by atoms with Crippen LogP contribution in [0.3, 0.4) is 0 Å². The fourth-order valence-corrected chi connectivity index (χ4v) is 4.01. The molecule has 4 heteroatoms. The van der Waals surface area contributed by atoms with E-state index in [2.05, 4.69) is 24.4 Å². The third kappa shape index (κ3) is 2.73. The summed E-state index contributed by atoms with van der Waals surface area (Å²) < 4.78 is 5.40. The fourth-order valence-electron chi connectivity index (χ4n) is 2.86. The lowest BCUT2D eigenvalue weighted by atomic mass is 10.1. The van der Waals surface area contributed by atoms with Gasteiger partial charge in [0.15, 0.2) is 5.17 Å². The van der Waals surface area contributed by atoms with Gasteiger partial charge in [0.05, 0.1) is 18.8 Å². The van der Waals surface area contributed by atoms with Gasteiger partial charge in [-0.05, 0) is 43.4 Å². The Bertz CT molecular complexity index is 501. The van der Waals surface area contributed by atoms with Gasteiger partial charge in [0.25, 0.3) is 0 Å². The lowest BCUT2D eigenvalue weighted by Crippen LogP contribution is -2.25. The summed E-state index contributed by atoms with van der Waals surface area (Å²) in [7, 11) is 1.71. The van der Waals surface area contributed by atoms with Crippen LogP contribution in [0.4, 0.5) is 5.69 Å². The van der Waals surface area contributed by atoms with Gasteiger partial charge in [0.2, 0.25) is 0 Å². The lowest BCUT2D eigenvalue weighted by molar-refractivity contribution is 0.417. The van der Waals surface area contributed by atoms with E-state index in [1.807, 2.05) is 17.8 Å². The molecule has 102 valence electrons. The van der Waals surface area contributed by atoms with Gasteiger partial charge in [0.1, 0.15) is 5.75 Å². The van der Waals surface area contributed by atoms with Gasteiger partial charge in [-0.1, -0.05) is 24.2 Å². The first kappa shape index (κ1) is 12.9. The van der Waals surface area contributed by atoms with Crippen molar-refractivity contribution in [3.05, 3.63) is 23.8 Å². The molecule has 0 aromatic heterocycles. The van der Waals surface area contributed by atoms with Gasteiger partial charge in [0, 0.05) is 5.75 Å². The maximum absolute atomic E-state index is 5.40. The summed E-state index contributed by atoms with van der Waals surface area (Å²) in [6.45, 7) is 2.09. The number of amidine groups is 1. The number of fused-ring (bicyclic) bond motifs is 1. The monoisotopic (exact) mass is 276 g/mol. The van der Waals surface area contributed by atoms with E-state index in [0.29, 0.717) is 6.04 Å². The number of aryl methyl sites for hydroxylation is 1. The number of hydrogen-bond acceptors (Lipinski definition) is 4. The molecule has 0 saturated heterocycles. The molecule has 0 spiro atoms. The number of aliphatic imine (C=N–C) groups is 1. The van der Waals surface area contributed by atoms with Crippen molar-refractivity contribution in [1.82, 2.24) is 0 Å². The zero-order valence-electron chi connectivity index (χ0n) is 11.5. The van der Waals surface area contributed by atoms with Crippen LogP contribution in [0, 0.1) is 12.8 Å². The molecule has 1 saturated carbocycles. The van der Waals surface area contributed by atoms with E-state index in [-0.39, 0.29) is 0 Å². The van der Waals surface area contributed by atoms with Gasteiger partial charge in [-0.15, -0.1) is 0 Å². The molecule has 1 fully saturated rings. The van der Waals surface area contributed by atoms with Crippen molar-refractivity contribution in [3.63, 3.8) is 0 Å². The van der Waals surface area contributed by atoms with Crippen molar-refractivity contribution in [2.45, 2.75) is 32.2 Å². The minimum atomic E-state index is 0.541. The first-order valence-electron chi connectivity index (χ1n) is 6.88. The van der Waals surface area contributed by atoms with E-state index < -0.39 is 0 Å². The van der Waals surface area contributed by atoms with Crippen molar-refractivity contribution < 1.29 is 4.74 Å². The van der Waals surface area contributed by atoms with Crippen LogP contribution >= 0.6 is 11.8 Å². The first-order valence-corrected chi connectivity index (χ1v) is 7.87. The normalized spacial score (nSPS) is 25.7. The molecular weight excluding hydrogens is 256 g/mol. The molecule has 0 amide bonds. The minimum Gasteiger partial charge on any atom is -0.495 e. The molecule has 1 aliphatic heterocycles. The molecule has 1 heterocycles. The number of methoxy groups -OCH3 is 1. The van der Waals surface area contributed by atoms with Crippen molar-refractivity contribution in [1.29, 1.82) is 0 Å². The summed E-state index contributed by atoms with van der Waals surface area (Å²) in [6.07, 6.45) is 3.93. The lowest BCUT2D eigenvalue weighted by Gasteiger charge is -2.24. The standard InChI is InChI=1S/C15H20N2OS/c1-10-6-7-14(18-2)13(8-10)17-15-16-12-5-3-4-11(12)9-19-15/h6-8,11-12H,3-5,9H2,1-2H3,(H,16,17). The van der Waals surface area contributed by atoms with Crippen molar-refractivity contribution in [2.24, 2.45) is 10.9 Å². The van der Waals surface area contributed by atoms with Crippen LogP contribution in [0.5, 0.6) is 5.75 Å². The van der Waals surface area contributed by atoms with Crippen molar-refractivity contribution in [3.8, 4) is 5.75 Å². The zero-order valence-corrected chi connectivity index (χ0v) is 12.3. The molecule has 3 nitrogen and oxygen atoms in total. The fraction of sp³-hybridized carbons (Fsp3) is 0.533. The number of nitrogens with one attached hydrogen (secondary N) is 1. The summed E-state index contributed by atoms with van der Waals surface area (Å²) in [5.74, 6) is 2.88. The number of ether oxygens (including phenoxy) is 1. The maximum Gasteiger partial charge on any atom is 0.161 e. The average molecular weight is 276 g/mol. The van der Waals surface area contributed by atoms with Gasteiger partial charge in [-0.3, -0.25) is 4.99 Å². The highest BCUT2D eigenvalue weighted by molar-refractivity contribution is 8.14. The van der Waals surface area contributed by atoms with E-state index in [0.717, 1.165) is 22.5 Å². The second-order valence-corrected chi connectivity index (χ2v) is 6.34. The second kappa shape index (κ2) is 5.45. The molecule has 0 radical (unpaired) electrons. The number of nitrogens with zero attached hydrogens (tertiary/aromatic N) is 1. The molecule has 2 unspecified atom stereocenters. The Morgan fingerprint density at radius 2 is 2.26 bits per heavy atom. The Morgan fingerprint density at radius 1 is 1.37 bits per heavy atom. The molecular formula is C15H20N2OS.